The molecule has 1 aromatic carbocycles. The molecule has 2 heterocycles. The maximum atomic E-state index is 5.70. The molecule has 0 amide bonds. The van der Waals surface area contributed by atoms with Gasteiger partial charge in [-0.15, -0.1) is 0 Å². The van der Waals surface area contributed by atoms with Crippen LogP contribution in [0.25, 0.3) is 0 Å². The predicted octanol–water partition coefficient (Wildman–Crippen LogP) is 2.48. The van der Waals surface area contributed by atoms with Gasteiger partial charge in [-0.05, 0) is 31.7 Å². The molecule has 2 N–H and O–H groups in total. The monoisotopic (exact) mass is 334 g/mol. The number of aromatic nitrogens is 2. The molecule has 1 aromatic heterocycles. The van der Waals surface area contributed by atoms with Crippen LogP contribution in [0.1, 0.15) is 17.2 Å². The van der Waals surface area contributed by atoms with Gasteiger partial charge < -0.3 is 15.2 Å². The molecule has 5 heteroatoms. The molecule has 0 spiro atoms. The number of aryl methyl sites for hydroxylation is 1. The number of anilines is 1. The molecule has 0 saturated carbocycles. The van der Waals surface area contributed by atoms with Crippen molar-refractivity contribution in [3.05, 3.63) is 46.0 Å². The minimum Gasteiger partial charge on any atom is -0.364 e. The number of nitrogens with zero attached hydrogens (tertiary/aromatic N) is 3. The number of hydrogen-bond donors (Lipinski definition) is 1. The van der Waals surface area contributed by atoms with Gasteiger partial charge >= 0.3 is 0 Å². The third-order valence-corrected chi connectivity index (χ3v) is 4.33. The quantitative estimate of drug-likeness (QED) is 0.937. The van der Waals surface area contributed by atoms with Crippen molar-refractivity contribution in [3.8, 4) is 0 Å². The van der Waals surface area contributed by atoms with Crippen molar-refractivity contribution in [2.45, 2.75) is 26.4 Å². The van der Waals surface area contributed by atoms with Gasteiger partial charge in [0.05, 0.1) is 17.9 Å². The Morgan fingerprint density at radius 1 is 1.35 bits per heavy atom. The highest BCUT2D eigenvalue weighted by Gasteiger charge is 2.22. The first-order valence-electron chi connectivity index (χ1n) is 6.94. The van der Waals surface area contributed by atoms with Crippen LogP contribution in [-0.4, -0.2) is 22.6 Å². The summed E-state index contributed by atoms with van der Waals surface area (Å²) in [6, 6.07) is 8.47. The van der Waals surface area contributed by atoms with Crippen molar-refractivity contribution in [2.24, 2.45) is 5.73 Å². The highest BCUT2D eigenvalue weighted by atomic mass is 79.9. The Labute approximate surface area is 127 Å². The topological polar surface area (TPSA) is 47.1 Å². The first-order valence-corrected chi connectivity index (χ1v) is 7.74. The Bertz CT molecular complexity index is 620. The normalized spacial score (nSPS) is 14.4. The lowest BCUT2D eigenvalue weighted by Gasteiger charge is -2.31. The predicted molar refractivity (Wildman–Crippen MR) is 84.9 cm³/mol. The van der Waals surface area contributed by atoms with Gasteiger partial charge in [0.15, 0.2) is 0 Å². The molecule has 106 valence electrons. The van der Waals surface area contributed by atoms with Crippen molar-refractivity contribution >= 4 is 21.6 Å². The van der Waals surface area contributed by atoms with E-state index in [1.807, 2.05) is 0 Å². The Balaban J connectivity index is 1.91. The fraction of sp³-hybridized carbons (Fsp3) is 0.400. The van der Waals surface area contributed by atoms with Crippen LogP contribution in [0.5, 0.6) is 0 Å². The molecule has 3 rings (SSSR count). The van der Waals surface area contributed by atoms with Gasteiger partial charge in [0, 0.05) is 29.7 Å². The molecule has 0 fully saturated rings. The molecule has 0 radical (unpaired) electrons. The van der Waals surface area contributed by atoms with Crippen molar-refractivity contribution in [3.63, 3.8) is 0 Å². The molecule has 2 aromatic rings. The van der Waals surface area contributed by atoms with Crippen LogP contribution in [0.3, 0.4) is 0 Å². The van der Waals surface area contributed by atoms with E-state index >= 15 is 0 Å². The lowest BCUT2D eigenvalue weighted by atomic mass is 10.2. The van der Waals surface area contributed by atoms with Crippen LogP contribution in [0.2, 0.25) is 0 Å². The Kier molecular flexibility index (Phi) is 3.81. The van der Waals surface area contributed by atoms with E-state index in [9.17, 15) is 0 Å². The average Bonchev–Trinajstić information content (AvgIpc) is 2.76. The number of halogens is 1. The zero-order chi connectivity index (χ0) is 14.1. The highest BCUT2D eigenvalue weighted by Crippen LogP contribution is 2.26. The number of nitrogens with two attached hydrogens (primary N) is 1. The summed E-state index contributed by atoms with van der Waals surface area (Å²) < 4.78 is 3.45. The van der Waals surface area contributed by atoms with E-state index in [1.54, 1.807) is 0 Å². The van der Waals surface area contributed by atoms with E-state index in [4.69, 9.17) is 5.73 Å². The van der Waals surface area contributed by atoms with Gasteiger partial charge in [-0.3, -0.25) is 0 Å². The van der Waals surface area contributed by atoms with Crippen molar-refractivity contribution in [1.29, 1.82) is 0 Å². The number of hydrogen-bond acceptors (Lipinski definition) is 3. The fourth-order valence-electron chi connectivity index (χ4n) is 2.86. The largest absolute Gasteiger partial charge is 0.364 e. The molecular formula is C15H19BrN4. The zero-order valence-corrected chi connectivity index (χ0v) is 13.2. The molecule has 0 unspecified atom stereocenters. The van der Waals surface area contributed by atoms with Crippen molar-refractivity contribution < 1.29 is 0 Å². The van der Waals surface area contributed by atoms with Crippen LogP contribution >= 0.6 is 15.9 Å². The third kappa shape index (κ3) is 2.47. The summed E-state index contributed by atoms with van der Waals surface area (Å²) >= 11 is 3.54. The molecule has 0 atom stereocenters. The minimum atomic E-state index is 0.653. The molecule has 1 aliphatic rings. The Morgan fingerprint density at radius 2 is 2.20 bits per heavy atom. The van der Waals surface area contributed by atoms with Crippen LogP contribution in [0, 0.1) is 6.92 Å². The van der Waals surface area contributed by atoms with E-state index in [0.717, 1.165) is 42.0 Å². The molecule has 0 bridgehead atoms. The second-order valence-corrected chi connectivity index (χ2v) is 6.06. The zero-order valence-electron chi connectivity index (χ0n) is 11.6. The second kappa shape index (κ2) is 5.58. The molecule has 1 aliphatic heterocycles. The van der Waals surface area contributed by atoms with E-state index in [2.05, 4.69) is 61.6 Å². The van der Waals surface area contributed by atoms with E-state index in [-0.39, 0.29) is 0 Å². The minimum absolute atomic E-state index is 0.653. The van der Waals surface area contributed by atoms with Crippen molar-refractivity contribution in [2.75, 3.05) is 18.0 Å². The van der Waals surface area contributed by atoms with Gasteiger partial charge in [0.25, 0.3) is 0 Å². The van der Waals surface area contributed by atoms with Gasteiger partial charge in [0.2, 0.25) is 0 Å². The lowest BCUT2D eigenvalue weighted by molar-refractivity contribution is 0.557. The number of fused-ring (bicyclic) bond motifs is 1. The smallest absolute Gasteiger partial charge is 0.106 e. The van der Waals surface area contributed by atoms with E-state index < -0.39 is 0 Å². The lowest BCUT2D eigenvalue weighted by Crippen LogP contribution is -2.34. The SMILES string of the molecule is Cc1nc(CCN)c2n1CCN(c1cccc(Br)c1)C2. The first-order chi connectivity index (χ1) is 9.69. The summed E-state index contributed by atoms with van der Waals surface area (Å²) in [6.45, 7) is 5.65. The molecule has 0 saturated heterocycles. The van der Waals surface area contributed by atoms with Gasteiger partial charge in [0.1, 0.15) is 5.82 Å². The van der Waals surface area contributed by atoms with Crippen LogP contribution in [0.15, 0.2) is 28.7 Å². The third-order valence-electron chi connectivity index (χ3n) is 3.83. The summed E-state index contributed by atoms with van der Waals surface area (Å²) in [7, 11) is 0. The fourth-order valence-corrected chi connectivity index (χ4v) is 3.24. The number of benzene rings is 1. The first kappa shape index (κ1) is 13.6. The van der Waals surface area contributed by atoms with Crippen LogP contribution < -0.4 is 10.6 Å². The summed E-state index contributed by atoms with van der Waals surface area (Å²) in [5, 5.41) is 0. The summed E-state index contributed by atoms with van der Waals surface area (Å²) in [5.74, 6) is 1.11. The van der Waals surface area contributed by atoms with Gasteiger partial charge in [-0.2, -0.15) is 0 Å². The average molecular weight is 335 g/mol. The summed E-state index contributed by atoms with van der Waals surface area (Å²) in [4.78, 5) is 7.08. The van der Waals surface area contributed by atoms with Crippen LogP contribution in [0.4, 0.5) is 5.69 Å². The Morgan fingerprint density at radius 3 is 2.95 bits per heavy atom. The summed E-state index contributed by atoms with van der Waals surface area (Å²) in [5.41, 5.74) is 9.43. The van der Waals surface area contributed by atoms with Crippen molar-refractivity contribution in [1.82, 2.24) is 9.55 Å². The van der Waals surface area contributed by atoms with Gasteiger partial charge in [-0.25, -0.2) is 4.98 Å². The molecule has 4 nitrogen and oxygen atoms in total. The molecule has 20 heavy (non-hydrogen) atoms. The standard InChI is InChI=1S/C15H19BrN4/c1-11-18-14(5-6-17)15-10-19(7-8-20(11)15)13-4-2-3-12(16)9-13/h2-4,9H,5-8,10,17H2,1H3. The second-order valence-electron chi connectivity index (χ2n) is 5.14. The van der Waals surface area contributed by atoms with E-state index in [1.165, 1.54) is 11.4 Å². The maximum Gasteiger partial charge on any atom is 0.106 e. The molecular weight excluding hydrogens is 316 g/mol. The molecule has 0 aliphatic carbocycles. The summed E-state index contributed by atoms with van der Waals surface area (Å²) in [6.07, 6.45) is 0.857. The van der Waals surface area contributed by atoms with Gasteiger partial charge in [-0.1, -0.05) is 22.0 Å². The highest BCUT2D eigenvalue weighted by molar-refractivity contribution is 9.10. The maximum absolute atomic E-state index is 5.70. The Hall–Kier alpha value is -1.33. The van der Waals surface area contributed by atoms with Crippen LogP contribution in [-0.2, 0) is 19.5 Å². The van der Waals surface area contributed by atoms with E-state index in [0.29, 0.717) is 6.54 Å². The number of imidazole rings is 1. The number of rotatable bonds is 3.